The Hall–Kier alpha value is -2.46. The first-order valence-corrected chi connectivity index (χ1v) is 12.8. The number of phenolic OH excluding ortho intramolecular Hbond substituents is 1. The summed E-state index contributed by atoms with van der Waals surface area (Å²) in [4.78, 5) is 13.0. The lowest BCUT2D eigenvalue weighted by Gasteiger charge is -2.30. The largest absolute Gasteiger partial charge is 0.507 e. The number of amides is 1. The average Bonchev–Trinajstić information content (AvgIpc) is 3.27. The second-order valence-corrected chi connectivity index (χ2v) is 11.2. The summed E-state index contributed by atoms with van der Waals surface area (Å²) in [6.45, 7) is 6.98. The molecule has 178 valence electrons. The summed E-state index contributed by atoms with van der Waals surface area (Å²) < 4.78 is 27.4. The molecule has 2 aromatic rings. The number of nitrogens with zero attached hydrogens (tertiary/aromatic N) is 1. The summed E-state index contributed by atoms with van der Waals surface area (Å²) in [6.07, 6.45) is 2.39. The van der Waals surface area contributed by atoms with Gasteiger partial charge in [-0.05, 0) is 68.9 Å². The lowest BCUT2D eigenvalue weighted by atomic mass is 9.96. The number of hydrogen-bond donors (Lipinski definition) is 4. The highest BCUT2D eigenvalue weighted by molar-refractivity contribution is 7.89. The maximum absolute atomic E-state index is 12.9. The summed E-state index contributed by atoms with van der Waals surface area (Å²) in [5.41, 5.74) is 9.24. The summed E-state index contributed by atoms with van der Waals surface area (Å²) in [6, 6.07) is 9.47. The molecule has 0 bridgehead atoms. The quantitative estimate of drug-likeness (QED) is 0.533. The third kappa shape index (κ3) is 5.06. The molecule has 1 amide bonds. The van der Waals surface area contributed by atoms with Gasteiger partial charge < -0.3 is 10.4 Å². The van der Waals surface area contributed by atoms with Crippen molar-refractivity contribution < 1.29 is 18.3 Å². The lowest BCUT2D eigenvalue weighted by Crippen LogP contribution is -2.39. The monoisotopic (exact) mass is 472 g/mol. The molecule has 0 aromatic heterocycles. The minimum atomic E-state index is -3.53. The number of carbonyl (C=O) groups excluding carboxylic acids is 1. The topological polar surface area (TPSA) is 111 Å². The van der Waals surface area contributed by atoms with Crippen molar-refractivity contribution in [3.63, 3.8) is 0 Å². The first kappa shape index (κ1) is 23.7. The Balaban J connectivity index is 1.39. The molecule has 2 aliphatic rings. The molecule has 2 saturated heterocycles. The van der Waals surface area contributed by atoms with Gasteiger partial charge in [0.2, 0.25) is 15.9 Å². The molecule has 0 spiro atoms. The highest BCUT2D eigenvalue weighted by Gasteiger charge is 2.32. The molecular weight excluding hydrogens is 440 g/mol. The van der Waals surface area contributed by atoms with Crippen LogP contribution in [0.3, 0.4) is 0 Å². The van der Waals surface area contributed by atoms with Crippen molar-refractivity contribution >= 4 is 21.6 Å². The molecular formula is C24H32N4O4S. The standard InChI is InChI=1S/C24H32N4O4S/c1-15-5-4-10-28(14-15)33(31,32)19-8-6-18(7-9-19)25-24(30)22-13-21(26-27-22)20-12-16(2)11-17(3)23(20)29/h6-9,11-12,15,21-22,26-27,29H,4-5,10,13-14H2,1-3H3,(H,25,30). The fourth-order valence-electron chi connectivity index (χ4n) is 4.64. The number of carbonyl (C=O) groups is 1. The fraction of sp³-hybridized carbons (Fsp3) is 0.458. The molecule has 33 heavy (non-hydrogen) atoms. The van der Waals surface area contributed by atoms with Gasteiger partial charge in [-0.3, -0.25) is 4.79 Å². The first-order valence-electron chi connectivity index (χ1n) is 11.4. The normalized spacial score (nSPS) is 24.0. The number of hydrazine groups is 1. The van der Waals surface area contributed by atoms with Crippen LogP contribution in [0.1, 0.15) is 48.9 Å². The molecule has 0 aliphatic carbocycles. The van der Waals surface area contributed by atoms with Crippen LogP contribution in [0.2, 0.25) is 0 Å². The van der Waals surface area contributed by atoms with Crippen molar-refractivity contribution in [1.82, 2.24) is 15.2 Å². The number of sulfonamides is 1. The lowest BCUT2D eigenvalue weighted by molar-refractivity contribution is -0.117. The Labute approximate surface area is 195 Å². The van der Waals surface area contributed by atoms with E-state index in [0.29, 0.717) is 31.1 Å². The summed E-state index contributed by atoms with van der Waals surface area (Å²) in [5, 5.41) is 13.3. The zero-order valence-corrected chi connectivity index (χ0v) is 20.1. The van der Waals surface area contributed by atoms with Gasteiger partial charge in [0.15, 0.2) is 0 Å². The van der Waals surface area contributed by atoms with E-state index in [-0.39, 0.29) is 22.6 Å². The van der Waals surface area contributed by atoms with E-state index < -0.39 is 16.1 Å². The van der Waals surface area contributed by atoms with Crippen molar-refractivity contribution in [3.8, 4) is 5.75 Å². The minimum Gasteiger partial charge on any atom is -0.507 e. The van der Waals surface area contributed by atoms with Crippen LogP contribution in [0.4, 0.5) is 5.69 Å². The van der Waals surface area contributed by atoms with Crippen molar-refractivity contribution in [2.24, 2.45) is 5.92 Å². The Morgan fingerprint density at radius 3 is 2.58 bits per heavy atom. The molecule has 2 aromatic carbocycles. The summed E-state index contributed by atoms with van der Waals surface area (Å²) >= 11 is 0. The number of rotatable bonds is 5. The first-order chi connectivity index (χ1) is 15.6. The maximum atomic E-state index is 12.9. The van der Waals surface area contributed by atoms with Crippen LogP contribution in [0.15, 0.2) is 41.3 Å². The highest BCUT2D eigenvalue weighted by atomic mass is 32.2. The summed E-state index contributed by atoms with van der Waals surface area (Å²) in [7, 11) is -3.53. The van der Waals surface area contributed by atoms with Gasteiger partial charge in [-0.15, -0.1) is 0 Å². The summed E-state index contributed by atoms with van der Waals surface area (Å²) in [5.74, 6) is 0.365. The van der Waals surface area contributed by atoms with Crippen molar-refractivity contribution in [2.45, 2.75) is 57.0 Å². The molecule has 3 unspecified atom stereocenters. The number of hydrogen-bond acceptors (Lipinski definition) is 6. The van der Waals surface area contributed by atoms with E-state index in [2.05, 4.69) is 23.1 Å². The van der Waals surface area contributed by atoms with Gasteiger partial charge in [0, 0.05) is 24.3 Å². The van der Waals surface area contributed by atoms with E-state index >= 15 is 0 Å². The molecule has 2 heterocycles. The Morgan fingerprint density at radius 1 is 1.15 bits per heavy atom. The van der Waals surface area contributed by atoms with Crippen LogP contribution in [0.5, 0.6) is 5.75 Å². The zero-order chi connectivity index (χ0) is 23.8. The molecule has 4 N–H and O–H groups in total. The van der Waals surface area contributed by atoms with Crippen LogP contribution in [-0.2, 0) is 14.8 Å². The van der Waals surface area contributed by atoms with Crippen LogP contribution in [-0.4, -0.2) is 42.9 Å². The van der Waals surface area contributed by atoms with Crippen molar-refractivity contribution in [1.29, 1.82) is 0 Å². The fourth-order valence-corrected chi connectivity index (χ4v) is 6.24. The van der Waals surface area contributed by atoms with E-state index in [4.69, 9.17) is 0 Å². The number of benzene rings is 2. The number of anilines is 1. The predicted octanol–water partition coefficient (Wildman–Crippen LogP) is 2.98. The van der Waals surface area contributed by atoms with E-state index in [1.165, 1.54) is 0 Å². The second kappa shape index (κ2) is 9.42. The minimum absolute atomic E-state index is 0.196. The van der Waals surface area contributed by atoms with Crippen LogP contribution >= 0.6 is 0 Å². The van der Waals surface area contributed by atoms with Crippen LogP contribution < -0.4 is 16.2 Å². The van der Waals surface area contributed by atoms with E-state index in [0.717, 1.165) is 29.5 Å². The molecule has 3 atom stereocenters. The van der Waals surface area contributed by atoms with Crippen LogP contribution in [0, 0.1) is 19.8 Å². The molecule has 2 aliphatic heterocycles. The van der Waals surface area contributed by atoms with Gasteiger partial charge in [-0.2, -0.15) is 4.31 Å². The van der Waals surface area contributed by atoms with E-state index in [1.54, 1.807) is 28.6 Å². The maximum Gasteiger partial charge on any atom is 0.243 e. The molecule has 0 radical (unpaired) electrons. The molecule has 9 heteroatoms. The van der Waals surface area contributed by atoms with Gasteiger partial charge in [0.05, 0.1) is 10.9 Å². The second-order valence-electron chi connectivity index (χ2n) is 9.27. The molecule has 4 rings (SSSR count). The van der Waals surface area contributed by atoms with Crippen LogP contribution in [0.25, 0.3) is 0 Å². The van der Waals surface area contributed by atoms with Gasteiger partial charge in [-0.25, -0.2) is 19.3 Å². The Morgan fingerprint density at radius 2 is 1.88 bits per heavy atom. The van der Waals surface area contributed by atoms with Gasteiger partial charge in [0.25, 0.3) is 0 Å². The van der Waals surface area contributed by atoms with Gasteiger partial charge in [-0.1, -0.05) is 24.6 Å². The highest BCUT2D eigenvalue weighted by Crippen LogP contribution is 2.33. The molecule has 0 saturated carbocycles. The number of aromatic hydroxyl groups is 1. The van der Waals surface area contributed by atoms with Crippen molar-refractivity contribution in [2.75, 3.05) is 18.4 Å². The third-order valence-electron chi connectivity index (χ3n) is 6.45. The van der Waals surface area contributed by atoms with E-state index in [9.17, 15) is 18.3 Å². The number of aryl methyl sites for hydroxylation is 2. The van der Waals surface area contributed by atoms with Gasteiger partial charge in [0.1, 0.15) is 11.8 Å². The Bertz CT molecular complexity index is 1130. The number of phenols is 1. The Kier molecular flexibility index (Phi) is 6.76. The molecule has 2 fully saturated rings. The van der Waals surface area contributed by atoms with Crippen molar-refractivity contribution in [3.05, 3.63) is 53.1 Å². The van der Waals surface area contributed by atoms with Gasteiger partial charge >= 0.3 is 0 Å². The van der Waals surface area contributed by atoms with E-state index in [1.807, 2.05) is 26.0 Å². The average molecular weight is 473 g/mol. The number of nitrogens with one attached hydrogen (secondary N) is 3. The SMILES string of the molecule is Cc1cc(C)c(O)c(C2CC(C(=O)Nc3ccc(S(=O)(=O)N4CCCC(C)C4)cc3)NN2)c1. The smallest absolute Gasteiger partial charge is 0.243 e. The predicted molar refractivity (Wildman–Crippen MR) is 127 cm³/mol. The third-order valence-corrected chi connectivity index (χ3v) is 8.33. The number of piperidine rings is 1. The zero-order valence-electron chi connectivity index (χ0n) is 19.3. The molecule has 8 nitrogen and oxygen atoms in total.